The number of aromatic nitrogens is 2. The second-order valence-corrected chi connectivity index (χ2v) is 9.07. The van der Waals surface area contributed by atoms with Crippen LogP contribution in [0.5, 0.6) is 17.2 Å². The van der Waals surface area contributed by atoms with E-state index in [2.05, 4.69) is 15.5 Å². The first-order valence-corrected chi connectivity index (χ1v) is 12.0. The van der Waals surface area contributed by atoms with Gasteiger partial charge >= 0.3 is 0 Å². The van der Waals surface area contributed by atoms with Crippen molar-refractivity contribution in [3.8, 4) is 23.3 Å². The lowest BCUT2D eigenvalue weighted by Crippen LogP contribution is -2.13. The maximum atomic E-state index is 12.5. The maximum absolute atomic E-state index is 12.5. The molecule has 0 aliphatic heterocycles. The summed E-state index contributed by atoms with van der Waals surface area (Å²) in [5.41, 5.74) is 2.55. The van der Waals surface area contributed by atoms with E-state index in [9.17, 15) is 10.1 Å². The van der Waals surface area contributed by atoms with E-state index in [1.807, 2.05) is 45.0 Å². The Morgan fingerprint density at radius 1 is 1.11 bits per heavy atom. The highest BCUT2D eigenvalue weighted by Crippen LogP contribution is 2.37. The van der Waals surface area contributed by atoms with E-state index in [1.54, 1.807) is 19.1 Å². The molecule has 2 aromatic carbocycles. The first-order chi connectivity index (χ1) is 16.8. The van der Waals surface area contributed by atoms with Crippen LogP contribution in [-0.2, 0) is 4.79 Å². The van der Waals surface area contributed by atoms with E-state index in [4.69, 9.17) is 25.8 Å². The molecule has 10 heteroatoms. The highest BCUT2D eigenvalue weighted by molar-refractivity contribution is 7.15. The lowest BCUT2D eigenvalue weighted by molar-refractivity contribution is -0.112. The molecule has 8 nitrogen and oxygen atoms in total. The monoisotopic (exact) mass is 512 g/mol. The standard InChI is InChI=1S/C25H25ClN4O4S/c1-5-32-22-13-18(11-19(14-27)24(31)28-25-30-29-17(4)35-25)12-20(26)23(22)34-9-8-33-21-10-15(2)6-7-16(21)3/h6-7,10-13H,5,8-9H2,1-4H3,(H,28,30,31)/b19-11-. The third-order valence-electron chi connectivity index (χ3n) is 4.69. The predicted octanol–water partition coefficient (Wildman–Crippen LogP) is 5.52. The van der Waals surface area contributed by atoms with Gasteiger partial charge in [-0.2, -0.15) is 5.26 Å². The molecule has 0 fully saturated rings. The third kappa shape index (κ3) is 7.18. The fourth-order valence-corrected chi connectivity index (χ4v) is 3.92. The van der Waals surface area contributed by atoms with Gasteiger partial charge in [0, 0.05) is 0 Å². The number of ether oxygens (including phenoxy) is 3. The second kappa shape index (κ2) is 12.2. The number of benzene rings is 2. The van der Waals surface area contributed by atoms with Crippen LogP contribution in [0.2, 0.25) is 5.02 Å². The lowest BCUT2D eigenvalue weighted by Gasteiger charge is -2.15. The van der Waals surface area contributed by atoms with Crippen molar-refractivity contribution in [1.82, 2.24) is 10.2 Å². The number of amides is 1. The molecule has 3 aromatic rings. The van der Waals surface area contributed by atoms with Crippen molar-refractivity contribution < 1.29 is 19.0 Å². The molecule has 0 bridgehead atoms. The van der Waals surface area contributed by atoms with Gasteiger partial charge in [-0.3, -0.25) is 10.1 Å². The van der Waals surface area contributed by atoms with Crippen molar-refractivity contribution in [2.24, 2.45) is 0 Å². The van der Waals surface area contributed by atoms with Gasteiger partial charge in [0.05, 0.1) is 11.6 Å². The minimum Gasteiger partial charge on any atom is -0.490 e. The second-order valence-electron chi connectivity index (χ2n) is 7.48. The molecule has 0 saturated carbocycles. The van der Waals surface area contributed by atoms with Gasteiger partial charge in [-0.15, -0.1) is 10.2 Å². The third-order valence-corrected chi connectivity index (χ3v) is 5.72. The largest absolute Gasteiger partial charge is 0.490 e. The Balaban J connectivity index is 1.73. The Morgan fingerprint density at radius 2 is 1.89 bits per heavy atom. The molecule has 3 rings (SSSR count). The summed E-state index contributed by atoms with van der Waals surface area (Å²) in [6.45, 7) is 8.53. The average Bonchev–Trinajstić information content (AvgIpc) is 3.23. The summed E-state index contributed by atoms with van der Waals surface area (Å²) in [5.74, 6) is 0.968. The van der Waals surface area contributed by atoms with Gasteiger partial charge in [0.2, 0.25) is 5.13 Å². The molecule has 0 aliphatic carbocycles. The summed E-state index contributed by atoms with van der Waals surface area (Å²) < 4.78 is 17.4. The van der Waals surface area contributed by atoms with Gasteiger partial charge in [-0.05, 0) is 68.7 Å². The van der Waals surface area contributed by atoms with Gasteiger partial charge < -0.3 is 14.2 Å². The molecule has 35 heavy (non-hydrogen) atoms. The van der Waals surface area contributed by atoms with Crippen LogP contribution in [0.3, 0.4) is 0 Å². The van der Waals surface area contributed by atoms with Crippen molar-refractivity contribution in [2.75, 3.05) is 25.1 Å². The number of hydrogen-bond donors (Lipinski definition) is 1. The summed E-state index contributed by atoms with van der Waals surface area (Å²) in [5, 5.41) is 21.0. The van der Waals surface area contributed by atoms with E-state index in [0.717, 1.165) is 16.9 Å². The molecular formula is C25H25ClN4O4S. The molecule has 0 radical (unpaired) electrons. The van der Waals surface area contributed by atoms with Crippen molar-refractivity contribution in [2.45, 2.75) is 27.7 Å². The Morgan fingerprint density at radius 3 is 2.57 bits per heavy atom. The summed E-state index contributed by atoms with van der Waals surface area (Å²) in [7, 11) is 0. The fourth-order valence-electron chi connectivity index (χ4n) is 3.06. The summed E-state index contributed by atoms with van der Waals surface area (Å²) in [6.07, 6.45) is 1.42. The van der Waals surface area contributed by atoms with E-state index < -0.39 is 5.91 Å². The number of nitrogens with zero attached hydrogens (tertiary/aromatic N) is 3. The van der Waals surface area contributed by atoms with Gasteiger partial charge in [0.25, 0.3) is 5.91 Å². The van der Waals surface area contributed by atoms with Crippen molar-refractivity contribution in [3.05, 3.63) is 62.6 Å². The predicted molar refractivity (Wildman–Crippen MR) is 136 cm³/mol. The Bertz CT molecular complexity index is 1280. The molecular weight excluding hydrogens is 488 g/mol. The number of hydrogen-bond acceptors (Lipinski definition) is 8. The summed E-state index contributed by atoms with van der Waals surface area (Å²) in [6, 6.07) is 11.2. The zero-order chi connectivity index (χ0) is 25.4. The van der Waals surface area contributed by atoms with Crippen LogP contribution in [0.1, 0.15) is 28.6 Å². The first-order valence-electron chi connectivity index (χ1n) is 10.8. The minimum atomic E-state index is -0.596. The van der Waals surface area contributed by atoms with Crippen molar-refractivity contribution in [3.63, 3.8) is 0 Å². The number of carbonyl (C=O) groups excluding carboxylic acids is 1. The molecule has 1 heterocycles. The number of halogens is 1. The van der Waals surface area contributed by atoms with Gasteiger partial charge in [-0.1, -0.05) is 35.1 Å². The zero-order valence-electron chi connectivity index (χ0n) is 19.8. The number of anilines is 1. The maximum Gasteiger partial charge on any atom is 0.268 e. The average molecular weight is 513 g/mol. The van der Waals surface area contributed by atoms with Crippen LogP contribution >= 0.6 is 22.9 Å². The van der Waals surface area contributed by atoms with Crippen LogP contribution < -0.4 is 19.5 Å². The number of nitriles is 1. The van der Waals surface area contributed by atoms with E-state index >= 15 is 0 Å². The Labute approximate surface area is 213 Å². The quantitative estimate of drug-likeness (QED) is 0.216. The number of aryl methyl sites for hydroxylation is 3. The highest BCUT2D eigenvalue weighted by Gasteiger charge is 2.16. The van der Waals surface area contributed by atoms with Crippen LogP contribution in [0.15, 0.2) is 35.9 Å². The van der Waals surface area contributed by atoms with Gasteiger partial charge in [0.15, 0.2) is 11.5 Å². The number of rotatable bonds is 10. The van der Waals surface area contributed by atoms with Crippen molar-refractivity contribution >= 4 is 40.1 Å². The molecule has 1 aromatic heterocycles. The Hall–Kier alpha value is -3.61. The van der Waals surface area contributed by atoms with Gasteiger partial charge in [0.1, 0.15) is 35.6 Å². The van der Waals surface area contributed by atoms with E-state index in [1.165, 1.54) is 17.4 Å². The Kier molecular flexibility index (Phi) is 9.06. The SMILES string of the molecule is CCOc1cc(/C=C(/C#N)C(=O)Nc2nnc(C)s2)cc(Cl)c1OCCOc1cc(C)ccc1C. The molecule has 0 saturated heterocycles. The molecule has 1 N–H and O–H groups in total. The molecule has 182 valence electrons. The molecule has 0 unspecified atom stereocenters. The van der Waals surface area contributed by atoms with Crippen LogP contribution in [-0.4, -0.2) is 35.9 Å². The number of nitrogens with one attached hydrogen (secondary N) is 1. The molecule has 0 atom stereocenters. The molecule has 0 spiro atoms. The summed E-state index contributed by atoms with van der Waals surface area (Å²) >= 11 is 7.69. The van der Waals surface area contributed by atoms with Crippen LogP contribution in [0.4, 0.5) is 5.13 Å². The van der Waals surface area contributed by atoms with E-state index in [0.29, 0.717) is 40.4 Å². The topological polar surface area (TPSA) is 106 Å². The molecule has 0 aliphatic rings. The fraction of sp³-hybridized carbons (Fsp3) is 0.280. The van der Waals surface area contributed by atoms with E-state index in [-0.39, 0.29) is 17.2 Å². The van der Waals surface area contributed by atoms with Gasteiger partial charge in [-0.25, -0.2) is 0 Å². The zero-order valence-corrected chi connectivity index (χ0v) is 21.4. The summed E-state index contributed by atoms with van der Waals surface area (Å²) in [4.78, 5) is 12.5. The molecule has 1 amide bonds. The normalized spacial score (nSPS) is 11.0. The lowest BCUT2D eigenvalue weighted by atomic mass is 10.1. The smallest absolute Gasteiger partial charge is 0.268 e. The van der Waals surface area contributed by atoms with Crippen LogP contribution in [0, 0.1) is 32.1 Å². The highest BCUT2D eigenvalue weighted by atomic mass is 35.5. The first kappa shape index (κ1) is 26.0. The minimum absolute atomic E-state index is 0.119. The number of carbonyl (C=O) groups is 1. The van der Waals surface area contributed by atoms with Crippen molar-refractivity contribution in [1.29, 1.82) is 5.26 Å². The van der Waals surface area contributed by atoms with Crippen LogP contribution in [0.25, 0.3) is 6.08 Å².